The van der Waals surface area contributed by atoms with Gasteiger partial charge in [-0.25, -0.2) is 8.42 Å². The predicted octanol–water partition coefficient (Wildman–Crippen LogP) is 2.60. The van der Waals surface area contributed by atoms with Crippen LogP contribution in [0.5, 0.6) is 0 Å². The summed E-state index contributed by atoms with van der Waals surface area (Å²) >= 11 is 0. The molecule has 0 heterocycles. The molecule has 2 rings (SSSR count). The maximum atomic E-state index is 12.9. The first kappa shape index (κ1) is 19.7. The lowest BCUT2D eigenvalue weighted by molar-refractivity contribution is -0.137. The zero-order valence-electron chi connectivity index (χ0n) is 14.5. The van der Waals surface area contributed by atoms with Gasteiger partial charge in [-0.05, 0) is 30.2 Å². The van der Waals surface area contributed by atoms with E-state index in [1.54, 1.807) is 11.0 Å². The van der Waals surface area contributed by atoms with Crippen molar-refractivity contribution in [2.24, 2.45) is 0 Å². The van der Waals surface area contributed by atoms with Gasteiger partial charge in [0.25, 0.3) is 5.91 Å². The van der Waals surface area contributed by atoms with E-state index in [1.165, 1.54) is 18.2 Å². The molecule has 26 heavy (non-hydrogen) atoms. The summed E-state index contributed by atoms with van der Waals surface area (Å²) in [5.41, 5.74) is 1.18. The molecule has 138 valence electrons. The van der Waals surface area contributed by atoms with Crippen LogP contribution in [-0.2, 0) is 21.2 Å². The summed E-state index contributed by atoms with van der Waals surface area (Å²) in [6.07, 6.45) is 1.37. The van der Waals surface area contributed by atoms with Gasteiger partial charge in [-0.3, -0.25) is 9.59 Å². The standard InChI is InChI=1S/C19H21NO5S/c1-26(24,25)17-10-5-9-16(13-17)19(23)20(12-6-11-18(21)22)14-15-7-3-2-4-8-15/h2-5,7-10,13H,6,11-12,14H2,1H3,(H,21,22). The van der Waals surface area contributed by atoms with Crippen LogP contribution in [0.3, 0.4) is 0 Å². The minimum absolute atomic E-state index is 0.0397. The van der Waals surface area contributed by atoms with Crippen LogP contribution in [-0.4, -0.2) is 43.1 Å². The first-order chi connectivity index (χ1) is 12.3. The van der Waals surface area contributed by atoms with Crippen LogP contribution in [0.2, 0.25) is 0 Å². The molecule has 0 unspecified atom stereocenters. The number of carbonyl (C=O) groups is 2. The van der Waals surface area contributed by atoms with E-state index >= 15 is 0 Å². The van der Waals surface area contributed by atoms with Crippen LogP contribution in [0.1, 0.15) is 28.8 Å². The Bertz CT molecular complexity index is 878. The van der Waals surface area contributed by atoms with Crippen molar-refractivity contribution < 1.29 is 23.1 Å². The molecule has 0 aromatic heterocycles. The summed E-state index contributed by atoms with van der Waals surface area (Å²) in [4.78, 5) is 25.3. The Balaban J connectivity index is 2.25. The minimum Gasteiger partial charge on any atom is -0.481 e. The summed E-state index contributed by atoms with van der Waals surface area (Å²) < 4.78 is 23.5. The Morgan fingerprint density at radius 3 is 2.35 bits per heavy atom. The number of aliphatic carboxylic acids is 1. The van der Waals surface area contributed by atoms with Gasteiger partial charge in [0.2, 0.25) is 0 Å². The fourth-order valence-electron chi connectivity index (χ4n) is 2.52. The molecule has 2 aromatic rings. The molecule has 7 heteroatoms. The quantitative estimate of drug-likeness (QED) is 0.766. The molecule has 1 N–H and O–H groups in total. The minimum atomic E-state index is -3.42. The van der Waals surface area contributed by atoms with E-state index in [4.69, 9.17) is 5.11 Å². The zero-order chi connectivity index (χ0) is 19.2. The highest BCUT2D eigenvalue weighted by Crippen LogP contribution is 2.16. The van der Waals surface area contributed by atoms with Crippen molar-refractivity contribution in [2.45, 2.75) is 24.3 Å². The molecule has 0 bridgehead atoms. The van der Waals surface area contributed by atoms with Gasteiger partial charge >= 0.3 is 5.97 Å². The van der Waals surface area contributed by atoms with Crippen molar-refractivity contribution in [3.05, 3.63) is 65.7 Å². The van der Waals surface area contributed by atoms with Crippen LogP contribution in [0.15, 0.2) is 59.5 Å². The second kappa shape index (κ2) is 8.62. The van der Waals surface area contributed by atoms with Crippen molar-refractivity contribution in [1.82, 2.24) is 4.90 Å². The summed E-state index contributed by atoms with van der Waals surface area (Å²) in [7, 11) is -3.42. The van der Waals surface area contributed by atoms with Gasteiger partial charge in [0, 0.05) is 31.3 Å². The number of carboxylic acids is 1. The molecule has 0 saturated heterocycles. The molecular formula is C19H21NO5S. The largest absolute Gasteiger partial charge is 0.481 e. The summed E-state index contributed by atoms with van der Waals surface area (Å²) in [6.45, 7) is 0.589. The maximum Gasteiger partial charge on any atom is 0.303 e. The molecule has 0 fully saturated rings. The van der Waals surface area contributed by atoms with Crippen LogP contribution in [0.4, 0.5) is 0 Å². The average molecular weight is 375 g/mol. The van der Waals surface area contributed by atoms with Gasteiger partial charge in [0.15, 0.2) is 9.84 Å². The Morgan fingerprint density at radius 2 is 1.73 bits per heavy atom. The fourth-order valence-corrected chi connectivity index (χ4v) is 3.19. The number of amides is 1. The lowest BCUT2D eigenvalue weighted by Crippen LogP contribution is -2.32. The zero-order valence-corrected chi connectivity index (χ0v) is 15.3. The van der Waals surface area contributed by atoms with E-state index in [9.17, 15) is 18.0 Å². The molecule has 0 aliphatic rings. The smallest absolute Gasteiger partial charge is 0.303 e. The van der Waals surface area contributed by atoms with Gasteiger partial charge < -0.3 is 10.0 Å². The molecular weight excluding hydrogens is 354 g/mol. The third-order valence-corrected chi connectivity index (χ3v) is 4.94. The van der Waals surface area contributed by atoms with E-state index < -0.39 is 15.8 Å². The topological polar surface area (TPSA) is 91.8 Å². The number of carboxylic acid groups (broad SMARTS) is 1. The van der Waals surface area contributed by atoms with Crippen molar-refractivity contribution >= 4 is 21.7 Å². The fraction of sp³-hybridized carbons (Fsp3) is 0.263. The van der Waals surface area contributed by atoms with Crippen molar-refractivity contribution in [3.8, 4) is 0 Å². The number of rotatable bonds is 8. The van der Waals surface area contributed by atoms with Crippen molar-refractivity contribution in [3.63, 3.8) is 0 Å². The first-order valence-electron chi connectivity index (χ1n) is 8.12. The molecule has 1 amide bonds. The SMILES string of the molecule is CS(=O)(=O)c1cccc(C(=O)N(CCCC(=O)O)Cc2ccccc2)c1. The van der Waals surface area contributed by atoms with Gasteiger partial charge in [-0.1, -0.05) is 36.4 Å². The Morgan fingerprint density at radius 1 is 1.04 bits per heavy atom. The number of carbonyl (C=O) groups excluding carboxylic acids is 1. The molecule has 2 aromatic carbocycles. The van der Waals surface area contributed by atoms with Gasteiger partial charge in [0.1, 0.15) is 0 Å². The number of sulfone groups is 1. The van der Waals surface area contributed by atoms with Crippen LogP contribution in [0.25, 0.3) is 0 Å². The molecule has 0 spiro atoms. The number of nitrogens with zero attached hydrogens (tertiary/aromatic N) is 1. The molecule has 0 atom stereocenters. The van der Waals surface area contributed by atoms with E-state index in [0.717, 1.165) is 11.8 Å². The predicted molar refractivity (Wildman–Crippen MR) is 97.6 cm³/mol. The maximum absolute atomic E-state index is 12.9. The van der Waals surface area contributed by atoms with Crippen molar-refractivity contribution in [2.75, 3.05) is 12.8 Å². The number of hydrogen-bond acceptors (Lipinski definition) is 4. The Kier molecular flexibility index (Phi) is 6.52. The summed E-state index contributed by atoms with van der Waals surface area (Å²) in [5, 5.41) is 8.83. The van der Waals surface area contributed by atoms with E-state index in [-0.39, 0.29) is 29.3 Å². The second-order valence-electron chi connectivity index (χ2n) is 6.01. The number of hydrogen-bond donors (Lipinski definition) is 1. The van der Waals surface area contributed by atoms with E-state index in [2.05, 4.69) is 0 Å². The lowest BCUT2D eigenvalue weighted by Gasteiger charge is -2.23. The second-order valence-corrected chi connectivity index (χ2v) is 8.03. The highest BCUT2D eigenvalue weighted by molar-refractivity contribution is 7.90. The summed E-state index contributed by atoms with van der Waals surface area (Å²) in [6, 6.07) is 15.2. The third kappa shape index (κ3) is 5.70. The molecule has 0 saturated carbocycles. The number of benzene rings is 2. The molecule has 0 aliphatic heterocycles. The Hall–Kier alpha value is -2.67. The van der Waals surface area contributed by atoms with Gasteiger partial charge in [-0.15, -0.1) is 0 Å². The monoisotopic (exact) mass is 375 g/mol. The van der Waals surface area contributed by atoms with Crippen LogP contribution in [0, 0.1) is 0 Å². The Labute approximate surface area is 153 Å². The van der Waals surface area contributed by atoms with E-state index in [0.29, 0.717) is 13.0 Å². The van der Waals surface area contributed by atoms with Gasteiger partial charge in [0.05, 0.1) is 4.90 Å². The van der Waals surface area contributed by atoms with Gasteiger partial charge in [-0.2, -0.15) is 0 Å². The average Bonchev–Trinajstić information content (AvgIpc) is 2.60. The molecule has 0 radical (unpaired) electrons. The highest BCUT2D eigenvalue weighted by atomic mass is 32.2. The molecule has 6 nitrogen and oxygen atoms in total. The van der Waals surface area contributed by atoms with Crippen LogP contribution >= 0.6 is 0 Å². The summed E-state index contributed by atoms with van der Waals surface area (Å²) in [5.74, 6) is -1.25. The van der Waals surface area contributed by atoms with Crippen molar-refractivity contribution in [1.29, 1.82) is 0 Å². The molecule has 0 aliphatic carbocycles. The third-order valence-electron chi connectivity index (χ3n) is 3.83. The lowest BCUT2D eigenvalue weighted by atomic mass is 10.1. The highest BCUT2D eigenvalue weighted by Gasteiger charge is 2.18. The van der Waals surface area contributed by atoms with E-state index in [1.807, 2.05) is 30.3 Å². The van der Waals surface area contributed by atoms with Crippen LogP contribution < -0.4 is 0 Å². The normalized spacial score (nSPS) is 11.1. The first-order valence-corrected chi connectivity index (χ1v) is 10.0.